The van der Waals surface area contributed by atoms with E-state index in [-0.39, 0.29) is 17.2 Å². The van der Waals surface area contributed by atoms with E-state index in [1.54, 1.807) is 6.07 Å². The molecule has 0 heterocycles. The van der Waals surface area contributed by atoms with Crippen molar-refractivity contribution in [1.82, 2.24) is 4.72 Å². The first-order valence-corrected chi connectivity index (χ1v) is 8.98. The summed E-state index contributed by atoms with van der Waals surface area (Å²) in [6, 6.07) is 10.8. The van der Waals surface area contributed by atoms with E-state index in [0.717, 1.165) is 17.2 Å². The minimum atomic E-state index is -3.94. The Kier molecular flexibility index (Phi) is 4.33. The fourth-order valence-corrected chi connectivity index (χ4v) is 4.07. The van der Waals surface area contributed by atoms with Crippen LogP contribution in [0.5, 0.6) is 5.75 Å². The van der Waals surface area contributed by atoms with Gasteiger partial charge in [0.05, 0.1) is 12.0 Å². The van der Waals surface area contributed by atoms with E-state index in [4.69, 9.17) is 4.74 Å². The van der Waals surface area contributed by atoms with Gasteiger partial charge in [0.1, 0.15) is 5.60 Å². The molecule has 5 nitrogen and oxygen atoms in total. The summed E-state index contributed by atoms with van der Waals surface area (Å²) >= 11 is 0. The van der Waals surface area contributed by atoms with Gasteiger partial charge in [-0.15, -0.1) is 0 Å². The summed E-state index contributed by atoms with van der Waals surface area (Å²) in [5.74, 6) is -0.789. The molecule has 0 fully saturated rings. The molecule has 1 aliphatic carbocycles. The quantitative estimate of drug-likeness (QED) is 0.863. The van der Waals surface area contributed by atoms with Gasteiger partial charge in [0.25, 0.3) is 0 Å². The number of ether oxygens (including phenoxy) is 1. The van der Waals surface area contributed by atoms with Crippen molar-refractivity contribution in [3.05, 3.63) is 59.4 Å². The molecule has 2 aromatic carbocycles. The lowest BCUT2D eigenvalue weighted by atomic mass is 9.96. The SMILES string of the molecule is COc1ccc(S(=O)(=O)NC[C@@]2(O)CCc3ccccc32)cc1F. The van der Waals surface area contributed by atoms with Crippen LogP contribution in [-0.4, -0.2) is 27.2 Å². The molecule has 0 aliphatic heterocycles. The van der Waals surface area contributed by atoms with Crippen molar-refractivity contribution in [2.45, 2.75) is 23.3 Å². The van der Waals surface area contributed by atoms with Gasteiger partial charge in [-0.05, 0) is 42.2 Å². The molecule has 3 rings (SSSR count). The van der Waals surface area contributed by atoms with Crippen molar-refractivity contribution in [3.63, 3.8) is 0 Å². The number of benzene rings is 2. The standard InChI is InChI=1S/C17H18FNO4S/c1-23-16-7-6-13(10-15(16)18)24(21,22)19-11-17(20)9-8-12-4-2-3-5-14(12)17/h2-7,10,19-20H,8-9,11H2,1H3/t17-/m0/s1. The van der Waals surface area contributed by atoms with E-state index in [0.29, 0.717) is 12.8 Å². The highest BCUT2D eigenvalue weighted by molar-refractivity contribution is 7.89. The van der Waals surface area contributed by atoms with Gasteiger partial charge in [-0.2, -0.15) is 0 Å². The third kappa shape index (κ3) is 3.02. The predicted molar refractivity (Wildman–Crippen MR) is 86.8 cm³/mol. The highest BCUT2D eigenvalue weighted by Crippen LogP contribution is 2.36. The molecule has 2 N–H and O–H groups in total. The number of aryl methyl sites for hydroxylation is 1. The molecule has 1 aliphatic rings. The van der Waals surface area contributed by atoms with Gasteiger partial charge < -0.3 is 9.84 Å². The molecule has 0 spiro atoms. The van der Waals surface area contributed by atoms with Crippen LogP contribution in [-0.2, 0) is 22.0 Å². The van der Waals surface area contributed by atoms with E-state index in [1.165, 1.54) is 19.2 Å². The highest BCUT2D eigenvalue weighted by Gasteiger charge is 2.37. The van der Waals surface area contributed by atoms with Crippen LogP contribution in [0.2, 0.25) is 0 Å². The normalized spacial score (nSPS) is 20.0. The molecule has 0 aromatic heterocycles. The number of fused-ring (bicyclic) bond motifs is 1. The zero-order chi connectivity index (χ0) is 17.4. The summed E-state index contributed by atoms with van der Waals surface area (Å²) in [5, 5.41) is 10.8. The number of hydrogen-bond donors (Lipinski definition) is 2. The molecule has 0 radical (unpaired) electrons. The maximum absolute atomic E-state index is 13.7. The maximum atomic E-state index is 13.7. The van der Waals surface area contributed by atoms with Crippen molar-refractivity contribution in [1.29, 1.82) is 0 Å². The van der Waals surface area contributed by atoms with Crippen molar-refractivity contribution in [2.75, 3.05) is 13.7 Å². The Labute approximate surface area is 140 Å². The van der Waals surface area contributed by atoms with Crippen LogP contribution in [0, 0.1) is 5.82 Å². The Morgan fingerprint density at radius 1 is 1.29 bits per heavy atom. The van der Waals surface area contributed by atoms with E-state index in [9.17, 15) is 17.9 Å². The first-order chi connectivity index (χ1) is 11.4. The largest absolute Gasteiger partial charge is 0.494 e. The lowest BCUT2D eigenvalue weighted by Gasteiger charge is -2.24. The fraction of sp³-hybridized carbons (Fsp3) is 0.294. The van der Waals surface area contributed by atoms with Crippen molar-refractivity contribution in [3.8, 4) is 5.75 Å². The van der Waals surface area contributed by atoms with E-state index < -0.39 is 21.4 Å². The Morgan fingerprint density at radius 3 is 2.75 bits per heavy atom. The van der Waals surface area contributed by atoms with Crippen molar-refractivity contribution in [2.24, 2.45) is 0 Å². The number of hydrogen-bond acceptors (Lipinski definition) is 4. The highest BCUT2D eigenvalue weighted by atomic mass is 32.2. The van der Waals surface area contributed by atoms with Gasteiger partial charge in [-0.3, -0.25) is 0 Å². The predicted octanol–water partition coefficient (Wildman–Crippen LogP) is 1.95. The molecule has 128 valence electrons. The maximum Gasteiger partial charge on any atom is 0.240 e. The number of nitrogens with one attached hydrogen (secondary N) is 1. The Hall–Kier alpha value is -1.96. The molecule has 24 heavy (non-hydrogen) atoms. The number of rotatable bonds is 5. The second kappa shape index (κ2) is 6.16. The fourth-order valence-electron chi connectivity index (χ4n) is 2.96. The molecule has 7 heteroatoms. The molecular weight excluding hydrogens is 333 g/mol. The average molecular weight is 351 g/mol. The Balaban J connectivity index is 1.80. The lowest BCUT2D eigenvalue weighted by Crippen LogP contribution is -2.39. The summed E-state index contributed by atoms with van der Waals surface area (Å²) in [6.45, 7) is -0.167. The third-order valence-electron chi connectivity index (χ3n) is 4.31. The van der Waals surface area contributed by atoms with Gasteiger partial charge in [0.15, 0.2) is 11.6 Å². The molecule has 0 saturated heterocycles. The van der Waals surface area contributed by atoms with Crippen LogP contribution in [0.4, 0.5) is 4.39 Å². The molecule has 0 amide bonds. The molecule has 0 unspecified atom stereocenters. The molecular formula is C17H18FNO4S. The second-order valence-corrected chi connectivity index (χ2v) is 7.58. The topological polar surface area (TPSA) is 75.6 Å². The number of methoxy groups -OCH3 is 1. The molecule has 2 aromatic rings. The van der Waals surface area contributed by atoms with Crippen LogP contribution in [0.3, 0.4) is 0 Å². The summed E-state index contributed by atoms with van der Waals surface area (Å²) in [7, 11) is -2.64. The monoisotopic (exact) mass is 351 g/mol. The number of sulfonamides is 1. The summed E-state index contributed by atoms with van der Waals surface area (Å²) in [5.41, 5.74) is 0.484. The molecule has 0 bridgehead atoms. The lowest BCUT2D eigenvalue weighted by molar-refractivity contribution is 0.0442. The zero-order valence-corrected chi connectivity index (χ0v) is 13.9. The molecule has 0 saturated carbocycles. The first-order valence-electron chi connectivity index (χ1n) is 7.50. The number of aliphatic hydroxyl groups is 1. The first kappa shape index (κ1) is 16.9. The van der Waals surface area contributed by atoms with E-state index in [1.807, 2.05) is 18.2 Å². The van der Waals surface area contributed by atoms with Crippen LogP contribution in [0.15, 0.2) is 47.4 Å². The Bertz CT molecular complexity index is 869. The van der Waals surface area contributed by atoms with E-state index >= 15 is 0 Å². The smallest absolute Gasteiger partial charge is 0.240 e. The summed E-state index contributed by atoms with van der Waals surface area (Å²) in [4.78, 5) is -0.212. The van der Waals surface area contributed by atoms with Gasteiger partial charge in [-0.1, -0.05) is 24.3 Å². The van der Waals surface area contributed by atoms with Gasteiger partial charge in [0.2, 0.25) is 10.0 Å². The number of halogens is 1. The molecule has 1 atom stereocenters. The second-order valence-electron chi connectivity index (χ2n) is 5.81. The van der Waals surface area contributed by atoms with E-state index in [2.05, 4.69) is 4.72 Å². The zero-order valence-electron chi connectivity index (χ0n) is 13.1. The van der Waals surface area contributed by atoms with Crippen LogP contribution < -0.4 is 9.46 Å². The van der Waals surface area contributed by atoms with Gasteiger partial charge >= 0.3 is 0 Å². The van der Waals surface area contributed by atoms with Crippen LogP contribution >= 0.6 is 0 Å². The Morgan fingerprint density at radius 2 is 2.04 bits per heavy atom. The minimum Gasteiger partial charge on any atom is -0.494 e. The van der Waals surface area contributed by atoms with Crippen molar-refractivity contribution >= 4 is 10.0 Å². The van der Waals surface area contributed by atoms with Crippen molar-refractivity contribution < 1.29 is 22.7 Å². The minimum absolute atomic E-state index is 0.0303. The van der Waals surface area contributed by atoms with Gasteiger partial charge in [0, 0.05) is 6.54 Å². The van der Waals surface area contributed by atoms with Crippen LogP contribution in [0.25, 0.3) is 0 Å². The third-order valence-corrected chi connectivity index (χ3v) is 5.71. The van der Waals surface area contributed by atoms with Crippen LogP contribution in [0.1, 0.15) is 17.5 Å². The summed E-state index contributed by atoms with van der Waals surface area (Å²) in [6.07, 6.45) is 1.12. The summed E-state index contributed by atoms with van der Waals surface area (Å²) < 4.78 is 45.6. The average Bonchev–Trinajstić information content (AvgIpc) is 2.91. The van der Waals surface area contributed by atoms with Gasteiger partial charge in [-0.25, -0.2) is 17.5 Å².